The second-order valence-corrected chi connectivity index (χ2v) is 4.93. The van der Waals surface area contributed by atoms with E-state index in [0.29, 0.717) is 13.1 Å². The third kappa shape index (κ3) is 3.41. The third-order valence-corrected chi connectivity index (χ3v) is 3.29. The lowest BCUT2D eigenvalue weighted by atomic mass is 10.3. The number of carbonyl (C=O) groups is 1. The second kappa shape index (κ2) is 5.46. The van der Waals surface area contributed by atoms with Gasteiger partial charge in [-0.1, -0.05) is 0 Å². The van der Waals surface area contributed by atoms with Crippen molar-refractivity contribution in [3.8, 4) is 0 Å². The first-order chi connectivity index (χ1) is 8.15. The van der Waals surface area contributed by atoms with Gasteiger partial charge >= 0.3 is 6.09 Å². The van der Waals surface area contributed by atoms with Gasteiger partial charge in [0.15, 0.2) is 0 Å². The lowest BCUT2D eigenvalue weighted by Crippen LogP contribution is -2.47. The van der Waals surface area contributed by atoms with Crippen molar-refractivity contribution in [1.82, 2.24) is 14.8 Å². The first kappa shape index (κ1) is 12.3. The lowest BCUT2D eigenvalue weighted by molar-refractivity contribution is 0.102. The van der Waals surface area contributed by atoms with Gasteiger partial charge in [0.2, 0.25) is 0 Å². The van der Waals surface area contributed by atoms with Crippen LogP contribution in [0.2, 0.25) is 0 Å². The van der Waals surface area contributed by atoms with E-state index < -0.39 is 6.09 Å². The monoisotopic (exact) mass is 299 g/mol. The highest BCUT2D eigenvalue weighted by Crippen LogP contribution is 2.10. The normalized spacial score (nSPS) is 17.1. The second-order valence-electron chi connectivity index (χ2n) is 4.01. The van der Waals surface area contributed by atoms with E-state index in [2.05, 4.69) is 25.8 Å². The number of hydrogen-bond donors (Lipinski definition) is 1. The Bertz CT molecular complexity index is 388. The summed E-state index contributed by atoms with van der Waals surface area (Å²) in [6.45, 7) is 3.46. The van der Waals surface area contributed by atoms with Crippen LogP contribution in [0.25, 0.3) is 0 Å². The summed E-state index contributed by atoms with van der Waals surface area (Å²) < 4.78 is 0.969. The molecule has 1 saturated heterocycles. The topological polar surface area (TPSA) is 56.7 Å². The molecule has 1 N–H and O–H groups in total. The third-order valence-electron chi connectivity index (χ3n) is 2.82. The fourth-order valence-corrected chi connectivity index (χ4v) is 2.06. The van der Waals surface area contributed by atoms with Crippen molar-refractivity contribution >= 4 is 22.0 Å². The Morgan fingerprint density at radius 1 is 1.35 bits per heavy atom. The van der Waals surface area contributed by atoms with Crippen molar-refractivity contribution < 1.29 is 9.90 Å². The highest BCUT2D eigenvalue weighted by molar-refractivity contribution is 9.10. The molecule has 2 heterocycles. The molecule has 1 amide bonds. The molecule has 0 spiro atoms. The Balaban J connectivity index is 1.85. The zero-order chi connectivity index (χ0) is 12.3. The molecule has 17 heavy (non-hydrogen) atoms. The van der Waals surface area contributed by atoms with Crippen LogP contribution in [0.15, 0.2) is 22.8 Å². The molecule has 1 aromatic heterocycles. The average Bonchev–Trinajstić information content (AvgIpc) is 2.33. The Kier molecular flexibility index (Phi) is 3.96. The summed E-state index contributed by atoms with van der Waals surface area (Å²) in [5.74, 6) is 0. The van der Waals surface area contributed by atoms with Crippen LogP contribution in [0.5, 0.6) is 0 Å². The number of piperazine rings is 1. The minimum Gasteiger partial charge on any atom is -0.465 e. The van der Waals surface area contributed by atoms with Gasteiger partial charge in [0.1, 0.15) is 0 Å². The molecule has 1 aromatic rings. The standard InChI is InChI=1S/C11H14BrN3O2/c12-9-1-2-10(13-7-9)8-14-3-5-15(6-4-14)11(16)17/h1-2,7H,3-6,8H2,(H,16,17). The van der Waals surface area contributed by atoms with Gasteiger partial charge < -0.3 is 10.0 Å². The smallest absolute Gasteiger partial charge is 0.407 e. The van der Waals surface area contributed by atoms with E-state index >= 15 is 0 Å². The molecule has 5 nitrogen and oxygen atoms in total. The average molecular weight is 300 g/mol. The number of aromatic nitrogens is 1. The molecule has 1 aliphatic rings. The summed E-state index contributed by atoms with van der Waals surface area (Å²) in [7, 11) is 0. The van der Waals surface area contributed by atoms with Crippen LogP contribution < -0.4 is 0 Å². The van der Waals surface area contributed by atoms with E-state index in [1.165, 1.54) is 4.90 Å². The van der Waals surface area contributed by atoms with Crippen molar-refractivity contribution in [3.05, 3.63) is 28.5 Å². The zero-order valence-corrected chi connectivity index (χ0v) is 10.9. The summed E-state index contributed by atoms with van der Waals surface area (Å²) in [5.41, 5.74) is 1.01. The van der Waals surface area contributed by atoms with Crippen LogP contribution in [-0.4, -0.2) is 52.2 Å². The Morgan fingerprint density at radius 2 is 2.06 bits per heavy atom. The predicted molar refractivity (Wildman–Crippen MR) is 66.8 cm³/mol. The first-order valence-electron chi connectivity index (χ1n) is 5.46. The molecule has 2 rings (SSSR count). The number of hydrogen-bond acceptors (Lipinski definition) is 3. The van der Waals surface area contributed by atoms with Gasteiger partial charge in [-0.3, -0.25) is 9.88 Å². The van der Waals surface area contributed by atoms with Gasteiger partial charge in [-0.25, -0.2) is 4.79 Å². The van der Waals surface area contributed by atoms with Gasteiger partial charge in [-0.05, 0) is 28.1 Å². The first-order valence-corrected chi connectivity index (χ1v) is 6.25. The van der Waals surface area contributed by atoms with Crippen molar-refractivity contribution in [2.75, 3.05) is 26.2 Å². The van der Waals surface area contributed by atoms with Crippen molar-refractivity contribution in [2.45, 2.75) is 6.54 Å². The molecule has 6 heteroatoms. The molecule has 92 valence electrons. The minimum atomic E-state index is -0.827. The quantitative estimate of drug-likeness (QED) is 0.902. The van der Waals surface area contributed by atoms with Crippen molar-refractivity contribution in [3.63, 3.8) is 0 Å². The van der Waals surface area contributed by atoms with E-state index in [1.54, 1.807) is 6.20 Å². The van der Waals surface area contributed by atoms with Crippen LogP contribution in [0.1, 0.15) is 5.69 Å². The molecule has 1 fully saturated rings. The molecular formula is C11H14BrN3O2. The van der Waals surface area contributed by atoms with E-state index in [-0.39, 0.29) is 0 Å². The predicted octanol–water partition coefficient (Wildman–Crippen LogP) is 1.64. The number of amides is 1. The van der Waals surface area contributed by atoms with Gasteiger partial charge in [-0.15, -0.1) is 0 Å². The maximum absolute atomic E-state index is 10.7. The number of halogens is 1. The van der Waals surface area contributed by atoms with Gasteiger partial charge in [0.05, 0.1) is 5.69 Å². The highest BCUT2D eigenvalue weighted by atomic mass is 79.9. The number of rotatable bonds is 2. The Labute approximate surface area is 108 Å². The fourth-order valence-electron chi connectivity index (χ4n) is 1.83. The number of pyridine rings is 1. The van der Waals surface area contributed by atoms with Gasteiger partial charge in [-0.2, -0.15) is 0 Å². The molecule has 0 radical (unpaired) electrons. The SMILES string of the molecule is O=C(O)N1CCN(Cc2ccc(Br)cn2)CC1. The van der Waals surface area contributed by atoms with Crippen LogP contribution >= 0.6 is 15.9 Å². The van der Waals surface area contributed by atoms with Crippen LogP contribution in [0.3, 0.4) is 0 Å². The van der Waals surface area contributed by atoms with Crippen molar-refractivity contribution in [2.24, 2.45) is 0 Å². The molecule has 1 aliphatic heterocycles. The molecular weight excluding hydrogens is 286 g/mol. The van der Waals surface area contributed by atoms with Gasteiger partial charge in [0.25, 0.3) is 0 Å². The molecule has 0 aliphatic carbocycles. The number of carboxylic acid groups (broad SMARTS) is 1. The highest BCUT2D eigenvalue weighted by Gasteiger charge is 2.20. The summed E-state index contributed by atoms with van der Waals surface area (Å²) >= 11 is 3.35. The van der Waals surface area contributed by atoms with E-state index in [1.807, 2.05) is 12.1 Å². The summed E-state index contributed by atoms with van der Waals surface area (Å²) in [6.07, 6.45) is 0.953. The Hall–Kier alpha value is -1.14. The largest absolute Gasteiger partial charge is 0.465 e. The molecule has 0 atom stereocenters. The summed E-state index contributed by atoms with van der Waals surface area (Å²) in [4.78, 5) is 18.7. The van der Waals surface area contributed by atoms with Crippen LogP contribution in [0, 0.1) is 0 Å². The lowest BCUT2D eigenvalue weighted by Gasteiger charge is -2.32. The summed E-state index contributed by atoms with van der Waals surface area (Å²) in [6, 6.07) is 3.95. The maximum atomic E-state index is 10.7. The Morgan fingerprint density at radius 3 is 2.59 bits per heavy atom. The van der Waals surface area contributed by atoms with Gasteiger partial charge in [0, 0.05) is 43.4 Å². The van der Waals surface area contributed by atoms with Crippen molar-refractivity contribution in [1.29, 1.82) is 0 Å². The maximum Gasteiger partial charge on any atom is 0.407 e. The van der Waals surface area contributed by atoms with E-state index in [0.717, 1.165) is 29.8 Å². The zero-order valence-electron chi connectivity index (χ0n) is 9.34. The fraction of sp³-hybridized carbons (Fsp3) is 0.455. The van der Waals surface area contributed by atoms with Crippen LogP contribution in [0.4, 0.5) is 4.79 Å². The summed E-state index contributed by atoms with van der Waals surface area (Å²) in [5, 5.41) is 8.83. The number of nitrogens with zero attached hydrogens (tertiary/aromatic N) is 3. The van der Waals surface area contributed by atoms with E-state index in [4.69, 9.17) is 5.11 Å². The molecule has 0 bridgehead atoms. The minimum absolute atomic E-state index is 0.575. The van der Waals surface area contributed by atoms with E-state index in [9.17, 15) is 4.79 Å². The molecule has 0 unspecified atom stereocenters. The molecule has 0 saturated carbocycles. The van der Waals surface area contributed by atoms with Crippen LogP contribution in [-0.2, 0) is 6.54 Å². The molecule has 0 aromatic carbocycles.